The zero-order valence-corrected chi connectivity index (χ0v) is 9.72. The van der Waals surface area contributed by atoms with Crippen molar-refractivity contribution in [2.75, 3.05) is 0 Å². The quantitative estimate of drug-likeness (QED) is 0.413. The second kappa shape index (κ2) is 4.99. The van der Waals surface area contributed by atoms with Crippen LogP contribution < -0.4 is 29.6 Å². The smallest absolute Gasteiger partial charge is 0.768 e. The van der Waals surface area contributed by atoms with Gasteiger partial charge in [-0.15, -0.1) is 0 Å². The Morgan fingerprint density at radius 3 is 2.50 bits per heavy atom. The van der Waals surface area contributed by atoms with Crippen molar-refractivity contribution in [2.24, 2.45) is 0 Å². The molecule has 0 radical (unpaired) electrons. The zero-order valence-electron chi connectivity index (χ0n) is 6.90. The molecule has 1 rings (SSSR count). The van der Waals surface area contributed by atoms with Gasteiger partial charge in [0.15, 0.2) is 0 Å². The first-order chi connectivity index (χ1) is 5.13. The standard InChI is InChI=1S/C7H8O3S.Na/c1-5-3-2-4-6(7(5)8)11(9)10;/h2-4,8H,1H3,(H,9,10);/q;+1/p-1. The third kappa shape index (κ3) is 2.57. The summed E-state index contributed by atoms with van der Waals surface area (Å²) in [6, 6.07) is 4.58. The Morgan fingerprint density at radius 2 is 2.08 bits per heavy atom. The molecule has 0 saturated heterocycles. The van der Waals surface area contributed by atoms with E-state index in [-0.39, 0.29) is 40.2 Å². The molecule has 12 heavy (non-hydrogen) atoms. The number of aromatic hydroxyl groups is 1. The predicted molar refractivity (Wildman–Crippen MR) is 40.0 cm³/mol. The third-order valence-electron chi connectivity index (χ3n) is 1.38. The van der Waals surface area contributed by atoms with Crippen LogP contribution in [0, 0.1) is 6.92 Å². The topological polar surface area (TPSA) is 60.4 Å². The van der Waals surface area contributed by atoms with Crippen molar-refractivity contribution in [3.8, 4) is 5.75 Å². The fourth-order valence-corrected chi connectivity index (χ4v) is 1.28. The van der Waals surface area contributed by atoms with Crippen LogP contribution in [-0.2, 0) is 11.1 Å². The van der Waals surface area contributed by atoms with E-state index in [0.717, 1.165) is 0 Å². The van der Waals surface area contributed by atoms with Crippen LogP contribution in [0.1, 0.15) is 5.56 Å². The Morgan fingerprint density at radius 1 is 1.50 bits per heavy atom. The van der Waals surface area contributed by atoms with Crippen molar-refractivity contribution in [1.29, 1.82) is 0 Å². The fourth-order valence-electron chi connectivity index (χ4n) is 0.767. The summed E-state index contributed by atoms with van der Waals surface area (Å²) in [6.07, 6.45) is 0. The first-order valence-electron chi connectivity index (χ1n) is 3.01. The minimum Gasteiger partial charge on any atom is -0.768 e. The third-order valence-corrected chi connectivity index (χ3v) is 2.07. The Balaban J connectivity index is 0.00000121. The molecule has 0 aromatic heterocycles. The van der Waals surface area contributed by atoms with E-state index in [1.54, 1.807) is 19.1 Å². The van der Waals surface area contributed by atoms with Gasteiger partial charge in [-0.2, -0.15) is 0 Å². The van der Waals surface area contributed by atoms with Crippen molar-refractivity contribution >= 4 is 11.1 Å². The van der Waals surface area contributed by atoms with Gasteiger partial charge in [0.25, 0.3) is 0 Å². The van der Waals surface area contributed by atoms with Crippen LogP contribution in [0.25, 0.3) is 0 Å². The number of para-hydroxylation sites is 1. The molecule has 1 aromatic rings. The van der Waals surface area contributed by atoms with E-state index in [1.807, 2.05) is 0 Å². The number of phenolic OH excluding ortho intramolecular Hbond substituents is 1. The van der Waals surface area contributed by atoms with E-state index >= 15 is 0 Å². The van der Waals surface area contributed by atoms with Crippen LogP contribution in [0.4, 0.5) is 0 Å². The van der Waals surface area contributed by atoms with Crippen molar-refractivity contribution in [1.82, 2.24) is 0 Å². The van der Waals surface area contributed by atoms with Gasteiger partial charge in [0, 0.05) is 0 Å². The maximum atomic E-state index is 10.4. The molecule has 0 aliphatic rings. The van der Waals surface area contributed by atoms with Crippen molar-refractivity contribution in [3.63, 3.8) is 0 Å². The van der Waals surface area contributed by atoms with E-state index < -0.39 is 11.1 Å². The van der Waals surface area contributed by atoms with Crippen molar-refractivity contribution < 1.29 is 43.4 Å². The molecule has 1 atom stereocenters. The molecule has 5 heteroatoms. The summed E-state index contributed by atoms with van der Waals surface area (Å²) in [7, 11) is 0. The predicted octanol–water partition coefficient (Wildman–Crippen LogP) is -2.06. The Kier molecular flexibility index (Phi) is 5.04. The summed E-state index contributed by atoms with van der Waals surface area (Å²) in [5.41, 5.74) is 0.562. The molecule has 1 N–H and O–H groups in total. The van der Waals surface area contributed by atoms with E-state index in [9.17, 15) is 13.9 Å². The van der Waals surface area contributed by atoms with Crippen LogP contribution >= 0.6 is 0 Å². The van der Waals surface area contributed by atoms with E-state index in [1.165, 1.54) is 6.07 Å². The Hall–Kier alpha value is 0.130. The molecule has 0 heterocycles. The summed E-state index contributed by atoms with van der Waals surface area (Å²) < 4.78 is 20.8. The first-order valence-corrected chi connectivity index (χ1v) is 4.08. The average molecular weight is 194 g/mol. The van der Waals surface area contributed by atoms with Gasteiger partial charge in [-0.25, -0.2) is 0 Å². The SMILES string of the molecule is Cc1cccc(S(=O)[O-])c1O.[Na+]. The van der Waals surface area contributed by atoms with Crippen LogP contribution in [0.5, 0.6) is 5.75 Å². The second-order valence-corrected chi connectivity index (χ2v) is 3.07. The normalized spacial score (nSPS) is 11.8. The molecule has 0 spiro atoms. The maximum Gasteiger partial charge on any atom is 1.00 e. The van der Waals surface area contributed by atoms with Gasteiger partial charge in [0.1, 0.15) is 5.75 Å². The summed E-state index contributed by atoms with van der Waals surface area (Å²) in [5.74, 6) is -0.166. The van der Waals surface area contributed by atoms with E-state index in [2.05, 4.69) is 0 Å². The number of rotatable bonds is 1. The molecule has 1 unspecified atom stereocenters. The zero-order chi connectivity index (χ0) is 8.43. The number of hydrogen-bond donors (Lipinski definition) is 1. The molecule has 0 aliphatic carbocycles. The van der Waals surface area contributed by atoms with Crippen LogP contribution in [0.3, 0.4) is 0 Å². The molecule has 3 nitrogen and oxygen atoms in total. The summed E-state index contributed by atoms with van der Waals surface area (Å²) in [5, 5.41) is 9.17. The molecule has 0 saturated carbocycles. The minimum absolute atomic E-state index is 0. The number of phenols is 1. The molecule has 0 fully saturated rings. The molecular formula is C7H7NaO3S. The van der Waals surface area contributed by atoms with Gasteiger partial charge in [0.2, 0.25) is 0 Å². The van der Waals surface area contributed by atoms with Gasteiger partial charge >= 0.3 is 29.6 Å². The molecule has 0 aliphatic heterocycles. The van der Waals surface area contributed by atoms with Gasteiger partial charge < -0.3 is 9.66 Å². The van der Waals surface area contributed by atoms with Gasteiger partial charge in [-0.05, 0) is 29.6 Å². The van der Waals surface area contributed by atoms with Gasteiger partial charge in [-0.1, -0.05) is 12.1 Å². The Bertz CT molecular complexity index is 301. The number of hydrogen-bond acceptors (Lipinski definition) is 3. The van der Waals surface area contributed by atoms with Gasteiger partial charge in [0.05, 0.1) is 4.90 Å². The molecule has 1 aromatic carbocycles. The number of aryl methyl sites for hydroxylation is 1. The van der Waals surface area contributed by atoms with Crippen LogP contribution in [-0.4, -0.2) is 13.9 Å². The monoisotopic (exact) mass is 194 g/mol. The summed E-state index contributed by atoms with van der Waals surface area (Å²) >= 11 is -2.35. The maximum absolute atomic E-state index is 10.4. The van der Waals surface area contributed by atoms with Gasteiger partial charge in [-0.3, -0.25) is 4.21 Å². The average Bonchev–Trinajstić information content (AvgIpc) is 1.94. The van der Waals surface area contributed by atoms with Crippen molar-refractivity contribution in [3.05, 3.63) is 23.8 Å². The first kappa shape index (κ1) is 12.1. The molecular weight excluding hydrogens is 187 g/mol. The Labute approximate surface area is 95.4 Å². The second-order valence-electron chi connectivity index (χ2n) is 2.16. The van der Waals surface area contributed by atoms with Crippen LogP contribution in [0.15, 0.2) is 23.1 Å². The summed E-state index contributed by atoms with van der Waals surface area (Å²) in [4.78, 5) is -0.0509. The van der Waals surface area contributed by atoms with E-state index in [4.69, 9.17) is 0 Å². The summed E-state index contributed by atoms with van der Waals surface area (Å²) in [6.45, 7) is 1.64. The van der Waals surface area contributed by atoms with Crippen molar-refractivity contribution in [2.45, 2.75) is 11.8 Å². The molecule has 60 valence electrons. The minimum atomic E-state index is -2.35. The fraction of sp³-hybridized carbons (Fsp3) is 0.143. The van der Waals surface area contributed by atoms with E-state index in [0.29, 0.717) is 5.56 Å². The molecule has 0 amide bonds. The van der Waals surface area contributed by atoms with Crippen LogP contribution in [0.2, 0.25) is 0 Å². The molecule has 0 bridgehead atoms. The largest absolute Gasteiger partial charge is 1.00 e. The number of benzene rings is 1.